The largest absolute Gasteiger partial charge is 0.324 e. The van der Waals surface area contributed by atoms with E-state index < -0.39 is 0 Å². The Morgan fingerprint density at radius 2 is 1.76 bits per heavy atom. The first kappa shape index (κ1) is 18.4. The first-order chi connectivity index (χ1) is 9.90. The highest BCUT2D eigenvalue weighted by atomic mass is 35.5. The Kier molecular flexibility index (Phi) is 8.27. The fourth-order valence-corrected chi connectivity index (χ4v) is 2.68. The van der Waals surface area contributed by atoms with E-state index in [1.807, 2.05) is 24.3 Å². The van der Waals surface area contributed by atoms with E-state index in [9.17, 15) is 0 Å². The van der Waals surface area contributed by atoms with Crippen molar-refractivity contribution in [3.05, 3.63) is 34.9 Å². The minimum atomic E-state index is 0.00715. The molecule has 0 saturated carbocycles. The number of hydrogen-bond acceptors (Lipinski definition) is 3. The topological polar surface area (TPSA) is 32.5 Å². The molecule has 0 amide bonds. The maximum Gasteiger partial charge on any atom is 0.0453 e. The molecule has 0 saturated heterocycles. The second-order valence-electron chi connectivity index (χ2n) is 6.41. The van der Waals surface area contributed by atoms with Gasteiger partial charge in [0.15, 0.2) is 0 Å². The molecule has 0 bridgehead atoms. The van der Waals surface area contributed by atoms with E-state index in [-0.39, 0.29) is 6.04 Å². The maximum atomic E-state index is 6.31. The number of nitrogens with two attached hydrogens (primary N) is 1. The van der Waals surface area contributed by atoms with Gasteiger partial charge >= 0.3 is 0 Å². The summed E-state index contributed by atoms with van der Waals surface area (Å²) in [7, 11) is 4.23. The summed E-state index contributed by atoms with van der Waals surface area (Å²) in [5, 5.41) is 0.772. The summed E-state index contributed by atoms with van der Waals surface area (Å²) in [6, 6.07) is 7.89. The van der Waals surface area contributed by atoms with Crippen LogP contribution < -0.4 is 5.73 Å². The smallest absolute Gasteiger partial charge is 0.0453 e. The minimum Gasteiger partial charge on any atom is -0.324 e. The Labute approximate surface area is 135 Å². The van der Waals surface area contributed by atoms with Crippen LogP contribution in [0.25, 0.3) is 0 Å². The molecular formula is C17H30ClN3. The molecule has 1 aromatic rings. The van der Waals surface area contributed by atoms with Crippen LogP contribution in [0.3, 0.4) is 0 Å². The maximum absolute atomic E-state index is 6.31. The third-order valence-corrected chi connectivity index (χ3v) is 3.89. The summed E-state index contributed by atoms with van der Waals surface area (Å²) < 4.78 is 0. The molecule has 3 nitrogen and oxygen atoms in total. The number of nitrogens with zero attached hydrogens (tertiary/aromatic N) is 2. The number of hydrogen-bond donors (Lipinski definition) is 1. The zero-order chi connectivity index (χ0) is 15.8. The Morgan fingerprint density at radius 1 is 1.10 bits per heavy atom. The Morgan fingerprint density at radius 3 is 2.33 bits per heavy atom. The van der Waals surface area contributed by atoms with Gasteiger partial charge in [-0.3, -0.25) is 0 Å². The molecule has 21 heavy (non-hydrogen) atoms. The molecule has 0 spiro atoms. The zero-order valence-electron chi connectivity index (χ0n) is 13.8. The van der Waals surface area contributed by atoms with E-state index in [0.717, 1.165) is 43.2 Å². The van der Waals surface area contributed by atoms with Gasteiger partial charge in [-0.05, 0) is 44.6 Å². The molecule has 120 valence electrons. The lowest BCUT2D eigenvalue weighted by atomic mass is 10.0. The summed E-state index contributed by atoms with van der Waals surface area (Å²) >= 11 is 6.22. The van der Waals surface area contributed by atoms with Crippen molar-refractivity contribution in [2.75, 3.05) is 40.3 Å². The van der Waals surface area contributed by atoms with Gasteiger partial charge in [-0.2, -0.15) is 0 Å². The van der Waals surface area contributed by atoms with Crippen molar-refractivity contribution < 1.29 is 0 Å². The van der Waals surface area contributed by atoms with Crippen LogP contribution in [0.5, 0.6) is 0 Å². The average Bonchev–Trinajstić information content (AvgIpc) is 2.41. The van der Waals surface area contributed by atoms with Gasteiger partial charge in [0.05, 0.1) is 0 Å². The van der Waals surface area contributed by atoms with E-state index in [1.165, 1.54) is 0 Å². The van der Waals surface area contributed by atoms with Crippen LogP contribution >= 0.6 is 11.6 Å². The highest BCUT2D eigenvalue weighted by Gasteiger charge is 2.13. The molecule has 0 radical (unpaired) electrons. The Bertz CT molecular complexity index is 407. The van der Waals surface area contributed by atoms with Crippen LogP contribution in [0.4, 0.5) is 0 Å². The number of benzene rings is 1. The predicted molar refractivity (Wildman–Crippen MR) is 92.8 cm³/mol. The van der Waals surface area contributed by atoms with Crippen LogP contribution in [0.15, 0.2) is 24.3 Å². The van der Waals surface area contributed by atoms with Gasteiger partial charge in [0.25, 0.3) is 0 Å². The van der Waals surface area contributed by atoms with Crippen molar-refractivity contribution in [2.24, 2.45) is 11.7 Å². The summed E-state index contributed by atoms with van der Waals surface area (Å²) in [6.07, 6.45) is 0.934. The normalized spacial score (nSPS) is 13.4. The third-order valence-electron chi connectivity index (χ3n) is 3.55. The molecule has 1 rings (SSSR count). The third kappa shape index (κ3) is 7.28. The highest BCUT2D eigenvalue weighted by Crippen LogP contribution is 2.23. The molecule has 0 aromatic heterocycles. The number of halogens is 1. The van der Waals surface area contributed by atoms with Gasteiger partial charge in [0.1, 0.15) is 0 Å². The number of rotatable bonds is 9. The van der Waals surface area contributed by atoms with Crippen LogP contribution in [-0.2, 0) is 0 Å². The van der Waals surface area contributed by atoms with Gasteiger partial charge in [-0.25, -0.2) is 0 Å². The second-order valence-corrected chi connectivity index (χ2v) is 6.82. The van der Waals surface area contributed by atoms with Crippen molar-refractivity contribution >= 4 is 11.6 Å². The van der Waals surface area contributed by atoms with Crippen molar-refractivity contribution in [1.29, 1.82) is 0 Å². The van der Waals surface area contributed by atoms with E-state index in [4.69, 9.17) is 17.3 Å². The first-order valence-corrected chi connectivity index (χ1v) is 8.15. The summed E-state index contributed by atoms with van der Waals surface area (Å²) in [5.41, 5.74) is 7.36. The van der Waals surface area contributed by atoms with Crippen LogP contribution in [0.1, 0.15) is 31.9 Å². The SMILES string of the molecule is CC(C)CN(CCC(N)c1ccccc1Cl)CCN(C)C. The van der Waals surface area contributed by atoms with Crippen LogP contribution in [0, 0.1) is 5.92 Å². The molecule has 1 unspecified atom stereocenters. The quantitative estimate of drug-likeness (QED) is 0.760. The monoisotopic (exact) mass is 311 g/mol. The molecule has 0 heterocycles. The molecule has 1 aromatic carbocycles. The fourth-order valence-electron chi connectivity index (χ4n) is 2.41. The van der Waals surface area contributed by atoms with E-state index in [1.54, 1.807) is 0 Å². The van der Waals surface area contributed by atoms with E-state index in [0.29, 0.717) is 5.92 Å². The molecule has 4 heteroatoms. The first-order valence-electron chi connectivity index (χ1n) is 7.77. The lowest BCUT2D eigenvalue weighted by Gasteiger charge is -2.27. The highest BCUT2D eigenvalue weighted by molar-refractivity contribution is 6.31. The molecular weight excluding hydrogens is 282 g/mol. The van der Waals surface area contributed by atoms with Gasteiger partial charge in [-0.15, -0.1) is 0 Å². The molecule has 2 N–H and O–H groups in total. The van der Waals surface area contributed by atoms with Crippen molar-refractivity contribution in [3.63, 3.8) is 0 Å². The fraction of sp³-hybridized carbons (Fsp3) is 0.647. The summed E-state index contributed by atoms with van der Waals surface area (Å²) in [5.74, 6) is 0.670. The molecule has 0 aliphatic rings. The van der Waals surface area contributed by atoms with Crippen molar-refractivity contribution in [1.82, 2.24) is 9.80 Å². The minimum absolute atomic E-state index is 0.00715. The van der Waals surface area contributed by atoms with Gasteiger partial charge in [0.2, 0.25) is 0 Å². The number of likely N-dealkylation sites (N-methyl/N-ethyl adjacent to an activating group) is 1. The molecule has 0 fully saturated rings. The standard InChI is InChI=1S/C17H30ClN3/c1-14(2)13-21(12-11-20(3)4)10-9-17(19)15-7-5-6-8-16(15)18/h5-8,14,17H,9-13,19H2,1-4H3. The molecule has 1 atom stereocenters. The predicted octanol–water partition coefficient (Wildman–Crippen LogP) is 3.25. The summed E-state index contributed by atoms with van der Waals surface area (Å²) in [6.45, 7) is 8.81. The Balaban J connectivity index is 2.53. The zero-order valence-corrected chi connectivity index (χ0v) is 14.6. The van der Waals surface area contributed by atoms with Gasteiger partial charge < -0.3 is 15.5 Å². The molecule has 0 aliphatic carbocycles. The van der Waals surface area contributed by atoms with Crippen molar-refractivity contribution in [3.8, 4) is 0 Å². The molecule has 0 aliphatic heterocycles. The van der Waals surface area contributed by atoms with Gasteiger partial charge in [0, 0.05) is 30.7 Å². The van der Waals surface area contributed by atoms with Crippen LogP contribution in [0.2, 0.25) is 5.02 Å². The lowest BCUT2D eigenvalue weighted by Crippen LogP contribution is -2.36. The second kappa shape index (κ2) is 9.42. The lowest BCUT2D eigenvalue weighted by molar-refractivity contribution is 0.212. The average molecular weight is 312 g/mol. The van der Waals surface area contributed by atoms with Crippen molar-refractivity contribution in [2.45, 2.75) is 26.3 Å². The summed E-state index contributed by atoms with van der Waals surface area (Å²) in [4.78, 5) is 4.72. The van der Waals surface area contributed by atoms with E-state index in [2.05, 4.69) is 37.7 Å². The van der Waals surface area contributed by atoms with Gasteiger partial charge in [-0.1, -0.05) is 43.6 Å². The van der Waals surface area contributed by atoms with E-state index >= 15 is 0 Å². The Hall–Kier alpha value is -0.610. The van der Waals surface area contributed by atoms with Crippen LogP contribution in [-0.4, -0.2) is 50.1 Å².